The Kier molecular flexibility index (Phi) is 5.52. The van der Waals surface area contributed by atoms with E-state index in [1.165, 1.54) is 19.3 Å². The third kappa shape index (κ3) is 4.53. The minimum absolute atomic E-state index is 0.0247. The van der Waals surface area contributed by atoms with Crippen molar-refractivity contribution in [3.8, 4) is 0 Å². The summed E-state index contributed by atoms with van der Waals surface area (Å²) in [6.07, 6.45) is 4.82. The van der Waals surface area contributed by atoms with Crippen LogP contribution < -0.4 is 5.32 Å². The summed E-state index contributed by atoms with van der Waals surface area (Å²) >= 11 is 0. The van der Waals surface area contributed by atoms with Crippen LogP contribution in [0.3, 0.4) is 0 Å². The normalized spacial score (nSPS) is 33.9. The van der Waals surface area contributed by atoms with Crippen molar-refractivity contribution in [2.24, 2.45) is 22.2 Å². The molecule has 2 N–H and O–H groups in total. The van der Waals surface area contributed by atoms with Crippen molar-refractivity contribution in [2.75, 3.05) is 13.2 Å². The molecule has 0 amide bonds. The number of fused-ring (bicyclic) bond motifs is 2. The lowest BCUT2D eigenvalue weighted by Gasteiger charge is -2.42. The van der Waals surface area contributed by atoms with E-state index in [9.17, 15) is 5.11 Å². The van der Waals surface area contributed by atoms with E-state index in [4.69, 9.17) is 4.74 Å². The van der Waals surface area contributed by atoms with Crippen molar-refractivity contribution in [3.63, 3.8) is 0 Å². The summed E-state index contributed by atoms with van der Waals surface area (Å²) < 4.78 is 6.29. The van der Waals surface area contributed by atoms with Gasteiger partial charge >= 0.3 is 0 Å². The molecule has 2 aliphatic carbocycles. The van der Waals surface area contributed by atoms with Crippen molar-refractivity contribution in [1.82, 2.24) is 5.32 Å². The predicted molar refractivity (Wildman–Crippen MR) is 101 cm³/mol. The van der Waals surface area contributed by atoms with E-state index in [0.717, 1.165) is 12.3 Å². The first-order chi connectivity index (χ1) is 10.8. The number of ether oxygens (including phenoxy) is 1. The Morgan fingerprint density at radius 2 is 1.79 bits per heavy atom. The van der Waals surface area contributed by atoms with Gasteiger partial charge in [-0.1, -0.05) is 41.5 Å². The van der Waals surface area contributed by atoms with Gasteiger partial charge in [0.25, 0.3) is 0 Å². The number of rotatable bonds is 7. The minimum atomic E-state index is -0.442. The fourth-order valence-electron chi connectivity index (χ4n) is 5.72. The quantitative estimate of drug-likeness (QED) is 0.723. The highest BCUT2D eigenvalue weighted by Crippen LogP contribution is 2.63. The van der Waals surface area contributed by atoms with Crippen molar-refractivity contribution in [1.29, 1.82) is 0 Å². The lowest BCUT2D eigenvalue weighted by atomic mass is 9.70. The zero-order valence-corrected chi connectivity index (χ0v) is 17.3. The van der Waals surface area contributed by atoms with Gasteiger partial charge in [-0.2, -0.15) is 0 Å². The van der Waals surface area contributed by atoms with Gasteiger partial charge < -0.3 is 15.2 Å². The fourth-order valence-corrected chi connectivity index (χ4v) is 5.72. The van der Waals surface area contributed by atoms with Gasteiger partial charge in [0.15, 0.2) is 0 Å². The van der Waals surface area contributed by atoms with E-state index in [2.05, 4.69) is 60.7 Å². The Morgan fingerprint density at radius 1 is 1.17 bits per heavy atom. The third-order valence-electron chi connectivity index (χ3n) is 6.38. The number of aliphatic hydroxyl groups is 1. The van der Waals surface area contributed by atoms with Crippen molar-refractivity contribution in [2.45, 2.75) is 98.8 Å². The number of β-amino-alcohol motifs (C(OH)–C–C–N with tert-alkyl or cyclic N) is 1. The molecule has 142 valence electrons. The maximum Gasteiger partial charge on any atom is 0.0898 e. The average Bonchev–Trinajstić information content (AvgIpc) is 2.84. The molecular formula is C21H41NO2. The molecule has 0 aliphatic heterocycles. The molecule has 0 unspecified atom stereocenters. The number of aliphatic hydroxyl groups excluding tert-OH is 1. The van der Waals surface area contributed by atoms with Gasteiger partial charge in [-0.15, -0.1) is 0 Å². The molecule has 2 bridgehead atoms. The van der Waals surface area contributed by atoms with Crippen LogP contribution in [0.25, 0.3) is 0 Å². The van der Waals surface area contributed by atoms with E-state index >= 15 is 0 Å². The molecule has 2 fully saturated rings. The van der Waals surface area contributed by atoms with E-state index in [1.807, 2.05) is 0 Å². The molecule has 2 saturated carbocycles. The van der Waals surface area contributed by atoms with Crippen LogP contribution in [-0.4, -0.2) is 36.0 Å². The van der Waals surface area contributed by atoms with Gasteiger partial charge in [-0.25, -0.2) is 0 Å². The molecule has 0 spiro atoms. The second-order valence-corrected chi connectivity index (χ2v) is 11.3. The van der Waals surface area contributed by atoms with Crippen molar-refractivity contribution in [3.05, 3.63) is 0 Å². The van der Waals surface area contributed by atoms with Crippen LogP contribution >= 0.6 is 0 Å². The van der Waals surface area contributed by atoms with Crippen LogP contribution in [0.15, 0.2) is 0 Å². The van der Waals surface area contributed by atoms with E-state index in [1.54, 1.807) is 0 Å². The highest BCUT2D eigenvalue weighted by atomic mass is 16.5. The van der Waals surface area contributed by atoms with Gasteiger partial charge in [-0.3, -0.25) is 0 Å². The molecule has 24 heavy (non-hydrogen) atoms. The summed E-state index contributed by atoms with van der Waals surface area (Å²) in [7, 11) is 0. The molecule has 0 aromatic rings. The van der Waals surface area contributed by atoms with Gasteiger partial charge in [-0.05, 0) is 61.7 Å². The monoisotopic (exact) mass is 339 g/mol. The highest BCUT2D eigenvalue weighted by Gasteiger charge is 2.60. The maximum absolute atomic E-state index is 10.4. The summed E-state index contributed by atoms with van der Waals surface area (Å²) in [5.74, 6) is 0.786. The molecular weight excluding hydrogens is 298 g/mol. The van der Waals surface area contributed by atoms with Crippen LogP contribution in [0.5, 0.6) is 0 Å². The second-order valence-electron chi connectivity index (χ2n) is 11.3. The SMILES string of the molecule is CC(C)(C)CC(C)(C)NC[C@@H](O)CO[C@@H]1C(C)(C)[C@@H]2CC[C@]1(C)C2. The van der Waals surface area contributed by atoms with Crippen LogP contribution in [-0.2, 0) is 4.74 Å². The Morgan fingerprint density at radius 3 is 2.29 bits per heavy atom. The smallest absolute Gasteiger partial charge is 0.0898 e. The topological polar surface area (TPSA) is 41.5 Å². The molecule has 2 rings (SSSR count). The van der Waals surface area contributed by atoms with Gasteiger partial charge in [0.05, 0.1) is 18.8 Å². The molecule has 0 heterocycles. The first-order valence-electron chi connectivity index (χ1n) is 9.80. The fraction of sp³-hybridized carbons (Fsp3) is 1.00. The van der Waals surface area contributed by atoms with Crippen LogP contribution in [0.2, 0.25) is 0 Å². The molecule has 2 aliphatic rings. The Balaban J connectivity index is 1.80. The predicted octanol–water partition coefficient (Wildman–Crippen LogP) is 4.38. The lowest BCUT2D eigenvalue weighted by molar-refractivity contribution is -0.110. The Hall–Kier alpha value is -0.120. The van der Waals surface area contributed by atoms with Crippen molar-refractivity contribution >= 4 is 0 Å². The molecule has 4 atom stereocenters. The number of hydrogen-bond donors (Lipinski definition) is 2. The minimum Gasteiger partial charge on any atom is -0.389 e. The van der Waals surface area contributed by atoms with E-state index in [-0.39, 0.29) is 22.5 Å². The average molecular weight is 340 g/mol. The molecule has 0 saturated heterocycles. The first kappa shape index (κ1) is 20.2. The van der Waals surface area contributed by atoms with Gasteiger partial charge in [0, 0.05) is 12.1 Å². The summed E-state index contributed by atoms with van der Waals surface area (Å²) in [5, 5.41) is 13.9. The highest BCUT2D eigenvalue weighted by molar-refractivity contribution is 5.09. The Bertz CT molecular complexity index is 433. The number of hydrogen-bond acceptors (Lipinski definition) is 3. The van der Waals surface area contributed by atoms with Crippen LogP contribution in [0.4, 0.5) is 0 Å². The maximum atomic E-state index is 10.4. The van der Waals surface area contributed by atoms with Gasteiger partial charge in [0.2, 0.25) is 0 Å². The van der Waals surface area contributed by atoms with E-state index in [0.29, 0.717) is 18.6 Å². The Labute approximate surface area is 149 Å². The molecule has 3 heteroatoms. The second kappa shape index (κ2) is 6.55. The summed E-state index contributed by atoms with van der Waals surface area (Å²) in [6.45, 7) is 19.3. The first-order valence-corrected chi connectivity index (χ1v) is 9.80. The molecule has 3 nitrogen and oxygen atoms in total. The summed E-state index contributed by atoms with van der Waals surface area (Å²) in [5.41, 5.74) is 0.856. The summed E-state index contributed by atoms with van der Waals surface area (Å²) in [6, 6.07) is 0. The zero-order chi connectivity index (χ0) is 18.4. The number of nitrogens with one attached hydrogen (secondary N) is 1. The van der Waals surface area contributed by atoms with Crippen molar-refractivity contribution < 1.29 is 9.84 Å². The molecule has 0 radical (unpaired) electrons. The zero-order valence-electron chi connectivity index (χ0n) is 17.3. The largest absolute Gasteiger partial charge is 0.389 e. The lowest BCUT2D eigenvalue weighted by Crippen LogP contribution is -2.48. The third-order valence-corrected chi connectivity index (χ3v) is 6.38. The van der Waals surface area contributed by atoms with Gasteiger partial charge in [0.1, 0.15) is 0 Å². The molecule has 0 aromatic carbocycles. The van der Waals surface area contributed by atoms with E-state index < -0.39 is 6.10 Å². The van der Waals surface area contributed by atoms with Crippen LogP contribution in [0, 0.1) is 22.2 Å². The standard InChI is InChI=1S/C21H41NO2/c1-18(2,3)14-19(4,5)22-12-16(23)13-24-17-20(6,7)15-9-10-21(17,8)11-15/h15-17,22-23H,9-14H2,1-8H3/t15-,16-,17-,21-/m1/s1. The summed E-state index contributed by atoms with van der Waals surface area (Å²) in [4.78, 5) is 0. The van der Waals surface area contributed by atoms with Crippen LogP contribution in [0.1, 0.15) is 81.1 Å². The molecule has 0 aromatic heterocycles.